The summed E-state index contributed by atoms with van der Waals surface area (Å²) in [5.41, 5.74) is 0.208. The summed E-state index contributed by atoms with van der Waals surface area (Å²) in [5, 5.41) is 30.8. The van der Waals surface area contributed by atoms with Crippen LogP contribution in [0.1, 0.15) is 30.8 Å². The number of aliphatic hydroxyl groups is 2. The number of hydrogen-bond acceptors (Lipinski definition) is 5. The van der Waals surface area contributed by atoms with E-state index in [4.69, 9.17) is 4.65 Å². The predicted molar refractivity (Wildman–Crippen MR) is 68.1 cm³/mol. The van der Waals surface area contributed by atoms with Crippen LogP contribution in [0.25, 0.3) is 0 Å². The topological polar surface area (TPSA) is 99.0 Å². The van der Waals surface area contributed by atoms with Crippen molar-refractivity contribution < 1.29 is 29.1 Å². The molecule has 0 saturated carbocycles. The molecular formula is C12H15BFNO5. The summed E-state index contributed by atoms with van der Waals surface area (Å²) < 4.78 is 18.6. The lowest BCUT2D eigenvalue weighted by Gasteiger charge is -2.29. The zero-order valence-electron chi connectivity index (χ0n) is 10.8. The molecule has 0 fully saturated rings. The van der Waals surface area contributed by atoms with E-state index in [1.165, 1.54) is 6.07 Å². The Morgan fingerprint density at radius 3 is 2.90 bits per heavy atom. The molecule has 108 valence electrons. The van der Waals surface area contributed by atoms with E-state index in [9.17, 15) is 24.4 Å². The van der Waals surface area contributed by atoms with Gasteiger partial charge in [-0.2, -0.15) is 0 Å². The average molecular weight is 283 g/mol. The van der Waals surface area contributed by atoms with Crippen molar-refractivity contribution in [3.63, 3.8) is 0 Å². The third-order valence-electron chi connectivity index (χ3n) is 3.13. The zero-order chi connectivity index (χ0) is 14.9. The smallest absolute Gasteiger partial charge is 0.534 e. The quantitative estimate of drug-likeness (QED) is 0.449. The number of halogens is 1. The van der Waals surface area contributed by atoms with Gasteiger partial charge in [0.25, 0.3) is 0 Å². The summed E-state index contributed by atoms with van der Waals surface area (Å²) >= 11 is 0. The van der Waals surface area contributed by atoms with Crippen LogP contribution < -0.4 is 9.97 Å². The Hall–Kier alpha value is -1.64. The standard InChI is InChI=1S/C12H15BFNO5/c1-2-10(16)15-9-4-6-3-7(14)5-8(12(17)18)11(6)20-13(9)19/h3,5,9,12,17-19H,2,4H2,1H3,(H,15,16)/t9-/m0/s1. The number of amides is 1. The molecule has 1 amide bonds. The fourth-order valence-electron chi connectivity index (χ4n) is 2.13. The van der Waals surface area contributed by atoms with Gasteiger partial charge in [-0.05, 0) is 24.1 Å². The fraction of sp³-hybridized carbons (Fsp3) is 0.417. The van der Waals surface area contributed by atoms with Crippen molar-refractivity contribution in [2.45, 2.75) is 32.0 Å². The Labute approximate surface area is 115 Å². The van der Waals surface area contributed by atoms with Crippen molar-refractivity contribution in [3.05, 3.63) is 29.1 Å². The largest absolute Gasteiger partial charge is 0.547 e. The first kappa shape index (κ1) is 14.8. The summed E-state index contributed by atoms with van der Waals surface area (Å²) in [4.78, 5) is 11.3. The van der Waals surface area contributed by atoms with E-state index in [2.05, 4.69) is 5.32 Å². The minimum Gasteiger partial charge on any atom is -0.534 e. The second kappa shape index (κ2) is 5.78. The van der Waals surface area contributed by atoms with Crippen molar-refractivity contribution in [1.82, 2.24) is 5.32 Å². The highest BCUT2D eigenvalue weighted by molar-refractivity contribution is 6.46. The number of fused-ring (bicyclic) bond motifs is 1. The molecule has 4 N–H and O–H groups in total. The molecule has 1 aromatic carbocycles. The predicted octanol–water partition coefficient (Wildman–Crippen LogP) is -0.342. The Bertz CT molecular complexity index is 525. The van der Waals surface area contributed by atoms with Crippen LogP contribution in [0.3, 0.4) is 0 Å². The highest BCUT2D eigenvalue weighted by Crippen LogP contribution is 2.34. The summed E-state index contributed by atoms with van der Waals surface area (Å²) in [7, 11) is -1.33. The van der Waals surface area contributed by atoms with Gasteiger partial charge >= 0.3 is 7.12 Å². The fourth-order valence-corrected chi connectivity index (χ4v) is 2.13. The molecule has 1 aliphatic heterocycles. The second-order valence-electron chi connectivity index (χ2n) is 4.60. The molecule has 1 aromatic rings. The van der Waals surface area contributed by atoms with Crippen molar-refractivity contribution in [2.75, 3.05) is 0 Å². The molecule has 8 heteroatoms. The normalized spacial score (nSPS) is 17.7. The molecule has 6 nitrogen and oxygen atoms in total. The minimum atomic E-state index is -1.91. The molecule has 0 unspecified atom stereocenters. The monoisotopic (exact) mass is 283 g/mol. The van der Waals surface area contributed by atoms with Crippen molar-refractivity contribution >= 4 is 13.0 Å². The van der Waals surface area contributed by atoms with Gasteiger partial charge in [-0.3, -0.25) is 4.79 Å². The summed E-state index contributed by atoms with van der Waals surface area (Å²) in [5.74, 6) is -1.58. The van der Waals surface area contributed by atoms with E-state index in [0.717, 1.165) is 6.07 Å². The van der Waals surface area contributed by atoms with E-state index in [0.29, 0.717) is 5.56 Å². The van der Waals surface area contributed by atoms with Crippen LogP contribution in [-0.4, -0.2) is 34.2 Å². The van der Waals surface area contributed by atoms with Crippen LogP contribution in [0.4, 0.5) is 4.39 Å². The van der Waals surface area contributed by atoms with Crippen molar-refractivity contribution in [2.24, 2.45) is 0 Å². The Balaban J connectivity index is 2.31. The number of carbonyl (C=O) groups is 1. The number of aliphatic hydroxyl groups excluding tert-OH is 1. The first-order valence-electron chi connectivity index (χ1n) is 6.25. The zero-order valence-corrected chi connectivity index (χ0v) is 10.8. The Morgan fingerprint density at radius 2 is 2.30 bits per heavy atom. The van der Waals surface area contributed by atoms with E-state index < -0.39 is 25.2 Å². The van der Waals surface area contributed by atoms with Crippen molar-refractivity contribution in [3.8, 4) is 5.75 Å². The molecular weight excluding hydrogens is 268 g/mol. The summed E-state index contributed by atoms with van der Waals surface area (Å²) in [6.07, 6.45) is -1.52. The highest BCUT2D eigenvalue weighted by atomic mass is 19.1. The van der Waals surface area contributed by atoms with Gasteiger partial charge in [-0.1, -0.05) is 6.92 Å². The number of rotatable bonds is 3. The third kappa shape index (κ3) is 2.92. The maximum Gasteiger partial charge on any atom is 0.547 e. The van der Waals surface area contributed by atoms with E-state index in [-0.39, 0.29) is 30.1 Å². The average Bonchev–Trinajstić information content (AvgIpc) is 2.39. The van der Waals surface area contributed by atoms with Gasteiger partial charge < -0.3 is 25.2 Å². The first-order valence-corrected chi connectivity index (χ1v) is 6.25. The number of nitrogens with one attached hydrogen (secondary N) is 1. The first-order chi connectivity index (χ1) is 9.42. The maximum atomic E-state index is 13.4. The lowest BCUT2D eigenvalue weighted by molar-refractivity contribution is -0.121. The highest BCUT2D eigenvalue weighted by Gasteiger charge is 2.37. The van der Waals surface area contributed by atoms with Gasteiger partial charge in [0.05, 0.1) is 11.5 Å². The molecule has 0 spiro atoms. The van der Waals surface area contributed by atoms with Gasteiger partial charge in [0.15, 0.2) is 6.29 Å². The third-order valence-corrected chi connectivity index (χ3v) is 3.13. The molecule has 2 rings (SSSR count). The molecule has 0 radical (unpaired) electrons. The SMILES string of the molecule is CCC(=O)N[C@H]1Cc2cc(F)cc(C(O)O)c2OB1O. The molecule has 0 aliphatic carbocycles. The van der Waals surface area contributed by atoms with Gasteiger partial charge in [-0.25, -0.2) is 4.39 Å². The van der Waals surface area contributed by atoms with Gasteiger partial charge in [-0.15, -0.1) is 0 Å². The lowest BCUT2D eigenvalue weighted by atomic mass is 9.72. The molecule has 1 heterocycles. The molecule has 0 bridgehead atoms. The lowest BCUT2D eigenvalue weighted by Crippen LogP contribution is -2.53. The van der Waals surface area contributed by atoms with Crippen molar-refractivity contribution in [1.29, 1.82) is 0 Å². The van der Waals surface area contributed by atoms with Gasteiger partial charge in [0.1, 0.15) is 11.6 Å². The maximum absolute atomic E-state index is 13.4. The van der Waals surface area contributed by atoms with Gasteiger partial charge in [0.2, 0.25) is 5.91 Å². The molecule has 0 aromatic heterocycles. The molecule has 20 heavy (non-hydrogen) atoms. The summed E-state index contributed by atoms with van der Waals surface area (Å²) in [6.45, 7) is 1.67. The minimum absolute atomic E-state index is 0.0379. The van der Waals surface area contributed by atoms with Crippen LogP contribution in [0, 0.1) is 5.82 Å². The van der Waals surface area contributed by atoms with Crippen LogP contribution in [-0.2, 0) is 11.2 Å². The summed E-state index contributed by atoms with van der Waals surface area (Å²) in [6, 6.07) is 2.11. The van der Waals surface area contributed by atoms with E-state index in [1.54, 1.807) is 6.92 Å². The van der Waals surface area contributed by atoms with Crippen LogP contribution in [0.2, 0.25) is 0 Å². The second-order valence-corrected chi connectivity index (χ2v) is 4.60. The number of benzene rings is 1. The van der Waals surface area contributed by atoms with Crippen LogP contribution in [0.5, 0.6) is 5.75 Å². The molecule has 1 atom stereocenters. The number of carbonyl (C=O) groups excluding carboxylic acids is 1. The van der Waals surface area contributed by atoms with Gasteiger partial charge in [0, 0.05) is 6.42 Å². The number of hydrogen-bond donors (Lipinski definition) is 4. The molecule has 1 aliphatic rings. The van der Waals surface area contributed by atoms with Crippen LogP contribution >= 0.6 is 0 Å². The van der Waals surface area contributed by atoms with E-state index in [1.807, 2.05) is 0 Å². The van der Waals surface area contributed by atoms with E-state index >= 15 is 0 Å². The Kier molecular flexibility index (Phi) is 4.27. The van der Waals surface area contributed by atoms with Crippen LogP contribution in [0.15, 0.2) is 12.1 Å². The Morgan fingerprint density at radius 1 is 1.60 bits per heavy atom. The molecule has 0 saturated heterocycles.